The van der Waals surface area contributed by atoms with Gasteiger partial charge >= 0.3 is 5.97 Å². The van der Waals surface area contributed by atoms with E-state index >= 15 is 0 Å². The summed E-state index contributed by atoms with van der Waals surface area (Å²) in [6.45, 7) is 2.11. The fourth-order valence-corrected chi connectivity index (χ4v) is 2.28. The number of hydrogen-bond acceptors (Lipinski definition) is 6. The Morgan fingerprint density at radius 1 is 1.24 bits per heavy atom. The number of benzene rings is 2. The van der Waals surface area contributed by atoms with Crippen LogP contribution in [0, 0.1) is 17.0 Å². The molecule has 0 aliphatic carbocycles. The normalized spacial score (nSPS) is 12.4. The predicted molar refractivity (Wildman–Crippen MR) is 89.2 cm³/mol. The Morgan fingerprint density at radius 3 is 2.60 bits per heavy atom. The summed E-state index contributed by atoms with van der Waals surface area (Å²) in [6.07, 6.45) is 2.48. The highest BCUT2D eigenvalue weighted by molar-refractivity contribution is 5.88. The van der Waals surface area contributed by atoms with E-state index in [0.717, 1.165) is 17.2 Å². The molecule has 1 aliphatic heterocycles. The van der Waals surface area contributed by atoms with Crippen LogP contribution in [0.5, 0.6) is 11.5 Å². The maximum atomic E-state index is 11.8. The van der Waals surface area contributed by atoms with Gasteiger partial charge in [-0.3, -0.25) is 10.1 Å². The molecule has 0 spiro atoms. The van der Waals surface area contributed by atoms with Crippen LogP contribution in [-0.4, -0.2) is 17.7 Å². The maximum absolute atomic E-state index is 11.8. The van der Waals surface area contributed by atoms with Crippen LogP contribution < -0.4 is 9.47 Å². The summed E-state index contributed by atoms with van der Waals surface area (Å²) in [6, 6.07) is 10.3. The number of nitro groups is 1. The molecule has 0 saturated heterocycles. The lowest BCUT2D eigenvalue weighted by Crippen LogP contribution is -2.01. The van der Waals surface area contributed by atoms with Gasteiger partial charge in [-0.2, -0.15) is 0 Å². The zero-order chi connectivity index (χ0) is 17.8. The molecule has 0 aromatic heterocycles. The smallest absolute Gasteiger partial charge is 0.331 e. The zero-order valence-corrected chi connectivity index (χ0v) is 13.4. The van der Waals surface area contributed by atoms with Crippen LogP contribution in [0.4, 0.5) is 5.69 Å². The summed E-state index contributed by atoms with van der Waals surface area (Å²) in [4.78, 5) is 22.5. The molecule has 0 unspecified atom stereocenters. The molecule has 0 N–H and O–H groups in total. The summed E-state index contributed by atoms with van der Waals surface area (Å²) in [5, 5.41) is 11.2. The standard InChI is InChI=1S/C18H15NO6/c1-12-2-4-13(5-3-12)10-23-18(20)7-6-14-8-16-17(25-11-24-16)9-15(14)19(21)22/h2-9H,10-11H2,1H3/b7-6+. The minimum atomic E-state index is -0.590. The molecule has 7 nitrogen and oxygen atoms in total. The molecule has 2 aromatic rings. The third kappa shape index (κ3) is 3.95. The van der Waals surface area contributed by atoms with Crippen LogP contribution in [0.3, 0.4) is 0 Å². The third-order valence-corrected chi connectivity index (χ3v) is 3.62. The Kier molecular flexibility index (Phi) is 4.65. The number of carbonyl (C=O) groups excluding carboxylic acids is 1. The van der Waals surface area contributed by atoms with Crippen molar-refractivity contribution < 1.29 is 23.9 Å². The number of carbonyl (C=O) groups is 1. The largest absolute Gasteiger partial charge is 0.458 e. The molecular formula is C18H15NO6. The average molecular weight is 341 g/mol. The van der Waals surface area contributed by atoms with Gasteiger partial charge in [-0.25, -0.2) is 4.79 Å². The first kappa shape index (κ1) is 16.5. The first-order chi connectivity index (χ1) is 12.0. The summed E-state index contributed by atoms with van der Waals surface area (Å²) in [5.74, 6) is 0.122. The Hall–Kier alpha value is -3.35. The minimum absolute atomic E-state index is 0.0121. The number of fused-ring (bicyclic) bond motifs is 1. The molecule has 7 heteroatoms. The van der Waals surface area contributed by atoms with Crippen molar-refractivity contribution in [3.05, 3.63) is 69.3 Å². The van der Waals surface area contributed by atoms with Crippen molar-refractivity contribution in [2.75, 3.05) is 6.79 Å². The van der Waals surface area contributed by atoms with Gasteiger partial charge in [-0.1, -0.05) is 29.8 Å². The van der Waals surface area contributed by atoms with E-state index in [1.54, 1.807) is 0 Å². The number of nitro benzene ring substituents is 1. The predicted octanol–water partition coefficient (Wildman–Crippen LogP) is 3.39. The SMILES string of the molecule is Cc1ccc(COC(=O)/C=C/c2cc3c(cc2[N+](=O)[O-])OCO3)cc1. The fraction of sp³-hybridized carbons (Fsp3) is 0.167. The average Bonchev–Trinajstić information content (AvgIpc) is 3.05. The van der Waals surface area contributed by atoms with Crippen LogP contribution in [0.15, 0.2) is 42.5 Å². The second-order valence-electron chi connectivity index (χ2n) is 5.45. The van der Waals surface area contributed by atoms with E-state index in [9.17, 15) is 14.9 Å². The molecular weight excluding hydrogens is 326 g/mol. The van der Waals surface area contributed by atoms with E-state index < -0.39 is 10.9 Å². The molecule has 3 rings (SSSR count). The zero-order valence-electron chi connectivity index (χ0n) is 13.4. The van der Waals surface area contributed by atoms with Crippen LogP contribution in [0.2, 0.25) is 0 Å². The Labute approximate surface area is 143 Å². The summed E-state index contributed by atoms with van der Waals surface area (Å²) >= 11 is 0. The first-order valence-electron chi connectivity index (χ1n) is 7.51. The molecule has 0 fully saturated rings. The van der Waals surface area contributed by atoms with Gasteiger partial charge in [-0.05, 0) is 24.6 Å². The van der Waals surface area contributed by atoms with E-state index in [0.29, 0.717) is 11.5 Å². The monoisotopic (exact) mass is 341 g/mol. The highest BCUT2D eigenvalue weighted by atomic mass is 16.7. The van der Waals surface area contributed by atoms with Crippen LogP contribution in [0.1, 0.15) is 16.7 Å². The quantitative estimate of drug-likeness (QED) is 0.358. The van der Waals surface area contributed by atoms with Crippen molar-refractivity contribution in [3.63, 3.8) is 0 Å². The lowest BCUT2D eigenvalue weighted by molar-refractivity contribution is -0.385. The second kappa shape index (κ2) is 7.04. The number of aryl methyl sites for hydroxylation is 1. The number of ether oxygens (including phenoxy) is 3. The molecule has 0 bridgehead atoms. The number of esters is 1. The van der Waals surface area contributed by atoms with E-state index in [2.05, 4.69) is 0 Å². The topological polar surface area (TPSA) is 87.9 Å². The highest BCUT2D eigenvalue weighted by Crippen LogP contribution is 2.38. The fourth-order valence-electron chi connectivity index (χ4n) is 2.28. The second-order valence-corrected chi connectivity index (χ2v) is 5.45. The summed E-state index contributed by atoms with van der Waals surface area (Å²) < 4.78 is 15.5. The van der Waals surface area contributed by atoms with E-state index in [1.165, 1.54) is 18.2 Å². The number of rotatable bonds is 5. The Bertz CT molecular complexity index is 841. The van der Waals surface area contributed by atoms with Gasteiger partial charge in [0.15, 0.2) is 11.5 Å². The molecule has 1 aliphatic rings. The molecule has 2 aromatic carbocycles. The van der Waals surface area contributed by atoms with Crippen molar-refractivity contribution in [3.8, 4) is 11.5 Å². The van der Waals surface area contributed by atoms with Crippen molar-refractivity contribution in [1.29, 1.82) is 0 Å². The van der Waals surface area contributed by atoms with Gasteiger partial charge in [0.05, 0.1) is 16.6 Å². The van der Waals surface area contributed by atoms with Gasteiger partial charge in [0.1, 0.15) is 6.61 Å². The molecule has 128 valence electrons. The van der Waals surface area contributed by atoms with Crippen LogP contribution in [0.25, 0.3) is 6.08 Å². The molecule has 0 saturated carbocycles. The van der Waals surface area contributed by atoms with Crippen LogP contribution >= 0.6 is 0 Å². The van der Waals surface area contributed by atoms with Gasteiger partial charge in [0.2, 0.25) is 6.79 Å². The van der Waals surface area contributed by atoms with Gasteiger partial charge in [-0.15, -0.1) is 0 Å². The van der Waals surface area contributed by atoms with Gasteiger partial charge in [0, 0.05) is 6.08 Å². The molecule has 0 radical (unpaired) electrons. The van der Waals surface area contributed by atoms with E-state index in [4.69, 9.17) is 14.2 Å². The lowest BCUT2D eigenvalue weighted by atomic mass is 10.1. The molecule has 25 heavy (non-hydrogen) atoms. The number of hydrogen-bond donors (Lipinski definition) is 0. The Balaban J connectivity index is 1.69. The minimum Gasteiger partial charge on any atom is -0.458 e. The maximum Gasteiger partial charge on any atom is 0.331 e. The summed E-state index contributed by atoms with van der Waals surface area (Å²) in [7, 11) is 0. The summed E-state index contributed by atoms with van der Waals surface area (Å²) in [5.41, 5.74) is 2.04. The Morgan fingerprint density at radius 2 is 1.92 bits per heavy atom. The van der Waals surface area contributed by atoms with Crippen molar-refractivity contribution in [2.45, 2.75) is 13.5 Å². The highest BCUT2D eigenvalue weighted by Gasteiger charge is 2.22. The van der Waals surface area contributed by atoms with E-state index in [-0.39, 0.29) is 24.7 Å². The number of nitrogens with zero attached hydrogens (tertiary/aromatic N) is 1. The molecule has 0 atom stereocenters. The van der Waals surface area contributed by atoms with E-state index in [1.807, 2.05) is 31.2 Å². The molecule has 1 heterocycles. The van der Waals surface area contributed by atoms with Crippen LogP contribution in [-0.2, 0) is 16.1 Å². The first-order valence-corrected chi connectivity index (χ1v) is 7.51. The molecule has 0 amide bonds. The lowest BCUT2D eigenvalue weighted by Gasteiger charge is -2.03. The van der Waals surface area contributed by atoms with Crippen molar-refractivity contribution >= 4 is 17.7 Å². The van der Waals surface area contributed by atoms with Gasteiger partial charge < -0.3 is 14.2 Å². The van der Waals surface area contributed by atoms with Gasteiger partial charge in [0.25, 0.3) is 5.69 Å². The van der Waals surface area contributed by atoms with Crippen molar-refractivity contribution in [1.82, 2.24) is 0 Å². The van der Waals surface area contributed by atoms with Crippen molar-refractivity contribution in [2.24, 2.45) is 0 Å². The third-order valence-electron chi connectivity index (χ3n) is 3.62.